The van der Waals surface area contributed by atoms with Gasteiger partial charge in [0.25, 0.3) is 0 Å². The fraction of sp³-hybridized carbons (Fsp3) is 0.222. The molecule has 6 nitrogen and oxygen atoms in total. The van der Waals surface area contributed by atoms with E-state index in [4.69, 9.17) is 5.73 Å². The maximum absolute atomic E-state index is 5.61. The SMILES string of the molecule is Cn1c(N)nnc1SCc1cn2ccsc2n1. The summed E-state index contributed by atoms with van der Waals surface area (Å²) in [6.07, 6.45) is 4.03. The Kier molecular flexibility index (Phi) is 2.52. The predicted octanol–water partition coefficient (Wildman–Crippen LogP) is 1.40. The number of hydrogen-bond donors (Lipinski definition) is 1. The third-order valence-corrected chi connectivity index (χ3v) is 4.19. The van der Waals surface area contributed by atoms with E-state index in [0.717, 1.165) is 21.6 Å². The molecule has 0 aliphatic carbocycles. The van der Waals surface area contributed by atoms with E-state index >= 15 is 0 Å². The van der Waals surface area contributed by atoms with Crippen molar-refractivity contribution >= 4 is 34.0 Å². The van der Waals surface area contributed by atoms with Gasteiger partial charge in [0.2, 0.25) is 5.95 Å². The minimum absolute atomic E-state index is 0.429. The lowest BCUT2D eigenvalue weighted by Crippen LogP contribution is -1.98. The first kappa shape index (κ1) is 10.6. The molecular formula is C9H10N6S2. The maximum Gasteiger partial charge on any atom is 0.222 e. The fourth-order valence-electron chi connectivity index (χ4n) is 1.44. The van der Waals surface area contributed by atoms with E-state index in [1.165, 1.54) is 0 Å². The molecule has 3 aromatic heterocycles. The molecular weight excluding hydrogens is 256 g/mol. The van der Waals surface area contributed by atoms with Gasteiger partial charge in [-0.25, -0.2) is 4.98 Å². The Morgan fingerprint density at radius 1 is 1.47 bits per heavy atom. The summed E-state index contributed by atoms with van der Waals surface area (Å²) < 4.78 is 3.79. The van der Waals surface area contributed by atoms with Crippen LogP contribution >= 0.6 is 23.1 Å². The van der Waals surface area contributed by atoms with Gasteiger partial charge >= 0.3 is 0 Å². The average molecular weight is 266 g/mol. The second-order valence-corrected chi connectivity index (χ2v) is 5.33. The summed E-state index contributed by atoms with van der Waals surface area (Å²) >= 11 is 3.20. The number of rotatable bonds is 3. The molecule has 0 saturated carbocycles. The van der Waals surface area contributed by atoms with Crippen molar-refractivity contribution in [2.24, 2.45) is 7.05 Å². The Morgan fingerprint density at radius 2 is 2.35 bits per heavy atom. The van der Waals surface area contributed by atoms with Gasteiger partial charge in [0.15, 0.2) is 10.1 Å². The van der Waals surface area contributed by atoms with Crippen LogP contribution in [0.5, 0.6) is 0 Å². The fourth-order valence-corrected chi connectivity index (χ4v) is 2.96. The van der Waals surface area contributed by atoms with Crippen molar-refractivity contribution < 1.29 is 0 Å². The molecule has 3 aromatic rings. The first-order valence-electron chi connectivity index (χ1n) is 4.93. The average Bonchev–Trinajstić information content (AvgIpc) is 2.94. The number of nitrogen functional groups attached to an aromatic ring is 1. The number of imidazole rings is 1. The van der Waals surface area contributed by atoms with Gasteiger partial charge in [0, 0.05) is 30.6 Å². The van der Waals surface area contributed by atoms with Crippen molar-refractivity contribution in [1.29, 1.82) is 0 Å². The van der Waals surface area contributed by atoms with Gasteiger partial charge in [0.1, 0.15) is 0 Å². The molecule has 3 heterocycles. The predicted molar refractivity (Wildman–Crippen MR) is 68.0 cm³/mol. The molecule has 17 heavy (non-hydrogen) atoms. The number of nitrogens with zero attached hydrogens (tertiary/aromatic N) is 5. The lowest BCUT2D eigenvalue weighted by Gasteiger charge is -1.98. The normalized spacial score (nSPS) is 11.4. The van der Waals surface area contributed by atoms with Crippen molar-refractivity contribution in [2.45, 2.75) is 10.9 Å². The number of aromatic nitrogens is 5. The van der Waals surface area contributed by atoms with Crippen molar-refractivity contribution in [3.63, 3.8) is 0 Å². The number of hydrogen-bond acceptors (Lipinski definition) is 6. The molecule has 0 spiro atoms. The second-order valence-electron chi connectivity index (χ2n) is 3.51. The van der Waals surface area contributed by atoms with E-state index in [-0.39, 0.29) is 0 Å². The van der Waals surface area contributed by atoms with Gasteiger partial charge in [-0.05, 0) is 0 Å². The quantitative estimate of drug-likeness (QED) is 0.725. The van der Waals surface area contributed by atoms with Crippen LogP contribution in [0, 0.1) is 0 Å². The molecule has 0 unspecified atom stereocenters. The van der Waals surface area contributed by atoms with E-state index in [2.05, 4.69) is 15.2 Å². The molecule has 88 valence electrons. The Labute approximate surface area is 105 Å². The Morgan fingerprint density at radius 3 is 3.06 bits per heavy atom. The van der Waals surface area contributed by atoms with E-state index in [9.17, 15) is 0 Å². The molecule has 2 N–H and O–H groups in total. The lowest BCUT2D eigenvalue weighted by molar-refractivity contribution is 0.795. The van der Waals surface area contributed by atoms with Crippen molar-refractivity contribution in [2.75, 3.05) is 5.73 Å². The highest BCUT2D eigenvalue weighted by Gasteiger charge is 2.08. The van der Waals surface area contributed by atoms with Crippen LogP contribution in [-0.2, 0) is 12.8 Å². The van der Waals surface area contributed by atoms with E-state index < -0.39 is 0 Å². The number of fused-ring (bicyclic) bond motifs is 1. The van der Waals surface area contributed by atoms with Crippen molar-refractivity contribution in [3.05, 3.63) is 23.5 Å². The smallest absolute Gasteiger partial charge is 0.222 e. The topological polar surface area (TPSA) is 74.0 Å². The highest BCUT2D eigenvalue weighted by atomic mass is 32.2. The Hall–Kier alpha value is -1.54. The maximum atomic E-state index is 5.61. The monoisotopic (exact) mass is 266 g/mol. The molecule has 0 amide bonds. The van der Waals surface area contributed by atoms with Crippen LogP contribution in [0.25, 0.3) is 4.96 Å². The zero-order valence-electron chi connectivity index (χ0n) is 9.07. The molecule has 0 aliphatic heterocycles. The first-order chi connectivity index (χ1) is 8.24. The van der Waals surface area contributed by atoms with Crippen LogP contribution in [0.3, 0.4) is 0 Å². The number of nitrogens with two attached hydrogens (primary N) is 1. The summed E-state index contributed by atoms with van der Waals surface area (Å²) in [6.45, 7) is 0. The zero-order chi connectivity index (χ0) is 11.8. The Balaban J connectivity index is 1.76. The first-order valence-corrected chi connectivity index (χ1v) is 6.79. The standard InChI is InChI=1S/C9H10N6S2/c1-14-7(10)12-13-9(14)17-5-6-4-15-2-3-16-8(15)11-6/h2-4H,5H2,1H3,(H2,10,12). The van der Waals surface area contributed by atoms with E-state index in [1.54, 1.807) is 27.7 Å². The van der Waals surface area contributed by atoms with E-state index in [0.29, 0.717) is 5.95 Å². The minimum Gasteiger partial charge on any atom is -0.368 e. The van der Waals surface area contributed by atoms with Crippen LogP contribution in [0.4, 0.5) is 5.95 Å². The summed E-state index contributed by atoms with van der Waals surface area (Å²) in [5, 5.41) is 10.6. The summed E-state index contributed by atoms with van der Waals surface area (Å²) in [7, 11) is 1.85. The van der Waals surface area contributed by atoms with Crippen LogP contribution in [-0.4, -0.2) is 24.1 Å². The van der Waals surface area contributed by atoms with Crippen LogP contribution in [0.15, 0.2) is 22.9 Å². The third-order valence-electron chi connectivity index (χ3n) is 2.36. The summed E-state index contributed by atoms with van der Waals surface area (Å²) in [5.41, 5.74) is 6.64. The molecule has 0 radical (unpaired) electrons. The third kappa shape index (κ3) is 1.89. The molecule has 0 atom stereocenters. The lowest BCUT2D eigenvalue weighted by atomic mass is 10.6. The minimum atomic E-state index is 0.429. The molecule has 0 aliphatic rings. The largest absolute Gasteiger partial charge is 0.368 e. The van der Waals surface area contributed by atoms with Crippen LogP contribution in [0.2, 0.25) is 0 Å². The zero-order valence-corrected chi connectivity index (χ0v) is 10.7. The van der Waals surface area contributed by atoms with Crippen molar-refractivity contribution in [3.8, 4) is 0 Å². The Bertz CT molecular complexity index is 623. The molecule has 0 fully saturated rings. The van der Waals surface area contributed by atoms with Gasteiger partial charge in [-0.1, -0.05) is 11.8 Å². The second kappa shape index (κ2) is 4.04. The van der Waals surface area contributed by atoms with Gasteiger partial charge in [0.05, 0.1) is 5.69 Å². The summed E-state index contributed by atoms with van der Waals surface area (Å²) in [6, 6.07) is 0. The molecule has 0 aromatic carbocycles. The van der Waals surface area contributed by atoms with Gasteiger partial charge in [-0.2, -0.15) is 0 Å². The molecule has 0 saturated heterocycles. The van der Waals surface area contributed by atoms with E-state index in [1.807, 2.05) is 29.2 Å². The molecule has 3 rings (SSSR count). The summed E-state index contributed by atoms with van der Waals surface area (Å²) in [5.74, 6) is 1.19. The van der Waals surface area contributed by atoms with Crippen LogP contribution in [0.1, 0.15) is 5.69 Å². The summed E-state index contributed by atoms with van der Waals surface area (Å²) in [4.78, 5) is 5.51. The number of thiazole rings is 1. The number of anilines is 1. The van der Waals surface area contributed by atoms with Gasteiger partial charge in [-0.15, -0.1) is 21.5 Å². The highest BCUT2D eigenvalue weighted by molar-refractivity contribution is 7.98. The van der Waals surface area contributed by atoms with Gasteiger partial charge < -0.3 is 5.73 Å². The molecule has 8 heteroatoms. The highest BCUT2D eigenvalue weighted by Crippen LogP contribution is 2.22. The van der Waals surface area contributed by atoms with Gasteiger partial charge in [-0.3, -0.25) is 8.97 Å². The molecule has 0 bridgehead atoms. The van der Waals surface area contributed by atoms with Crippen molar-refractivity contribution in [1.82, 2.24) is 24.1 Å². The number of thioether (sulfide) groups is 1. The van der Waals surface area contributed by atoms with Crippen LogP contribution < -0.4 is 5.73 Å².